The van der Waals surface area contributed by atoms with Gasteiger partial charge in [0.05, 0.1) is 5.69 Å². The van der Waals surface area contributed by atoms with Gasteiger partial charge in [-0.1, -0.05) is 53.0 Å². The lowest BCUT2D eigenvalue weighted by Gasteiger charge is -2.10. The van der Waals surface area contributed by atoms with Gasteiger partial charge in [0.2, 0.25) is 0 Å². The molecule has 33 heavy (non-hydrogen) atoms. The molecule has 3 aromatic carbocycles. The molecule has 0 bridgehead atoms. The van der Waals surface area contributed by atoms with Gasteiger partial charge in [0.1, 0.15) is 0 Å². The van der Waals surface area contributed by atoms with E-state index in [0.29, 0.717) is 27.1 Å². The summed E-state index contributed by atoms with van der Waals surface area (Å²) in [5.74, 6) is -0.858. The zero-order chi connectivity index (χ0) is 23.5. The first-order valence-electron chi connectivity index (χ1n) is 10.1. The molecular weight excluding hydrogens is 461 g/mol. The van der Waals surface area contributed by atoms with Crippen molar-refractivity contribution >= 4 is 35.0 Å². The molecule has 8 heteroatoms. The van der Waals surface area contributed by atoms with Crippen LogP contribution in [0, 0.1) is 13.8 Å². The van der Waals surface area contributed by atoms with Crippen molar-refractivity contribution in [2.75, 3.05) is 6.61 Å². The lowest BCUT2D eigenvalue weighted by atomic mass is 10.1. The average molecular weight is 480 g/mol. The Morgan fingerprint density at radius 3 is 2.39 bits per heavy atom. The monoisotopic (exact) mass is 479 g/mol. The number of aromatic nitrogens is 3. The van der Waals surface area contributed by atoms with Crippen LogP contribution in [0.1, 0.15) is 32.1 Å². The van der Waals surface area contributed by atoms with E-state index in [-0.39, 0.29) is 11.6 Å². The molecule has 0 radical (unpaired) electrons. The van der Waals surface area contributed by atoms with Gasteiger partial charge in [-0.3, -0.25) is 4.79 Å². The van der Waals surface area contributed by atoms with E-state index in [4.69, 9.17) is 27.9 Å². The number of halogens is 2. The van der Waals surface area contributed by atoms with Gasteiger partial charge in [0.25, 0.3) is 5.82 Å². The van der Waals surface area contributed by atoms with Gasteiger partial charge in [0.15, 0.2) is 18.2 Å². The van der Waals surface area contributed by atoms with E-state index >= 15 is 0 Å². The summed E-state index contributed by atoms with van der Waals surface area (Å²) in [5.41, 5.74) is 3.78. The maximum Gasteiger partial charge on any atom is 0.378 e. The number of ether oxygens (including phenoxy) is 1. The highest BCUT2D eigenvalue weighted by Crippen LogP contribution is 2.26. The minimum atomic E-state index is -0.801. The first kappa shape index (κ1) is 22.7. The fourth-order valence-corrected chi connectivity index (χ4v) is 3.56. The number of nitrogens with zero attached hydrogens (tertiary/aromatic N) is 3. The quantitative estimate of drug-likeness (QED) is 0.254. The molecule has 0 fully saturated rings. The highest BCUT2D eigenvalue weighted by atomic mass is 35.5. The van der Waals surface area contributed by atoms with Crippen LogP contribution >= 0.6 is 23.2 Å². The highest BCUT2D eigenvalue weighted by molar-refractivity contribution is 6.31. The van der Waals surface area contributed by atoms with Crippen LogP contribution in [0.15, 0.2) is 66.7 Å². The summed E-state index contributed by atoms with van der Waals surface area (Å²) in [6.45, 7) is 3.44. The number of carbonyl (C=O) groups excluding carboxylic acids is 2. The predicted octanol–water partition coefficient (Wildman–Crippen LogP) is 5.90. The molecule has 1 heterocycles. The number of hydrogen-bond donors (Lipinski definition) is 0. The zero-order valence-corrected chi connectivity index (χ0v) is 19.4. The maximum absolute atomic E-state index is 12.7. The van der Waals surface area contributed by atoms with Crippen LogP contribution in [0.4, 0.5) is 0 Å². The van der Waals surface area contributed by atoms with Crippen molar-refractivity contribution in [2.24, 2.45) is 0 Å². The molecule has 0 aliphatic heterocycles. The molecule has 0 unspecified atom stereocenters. The molecule has 0 spiro atoms. The fourth-order valence-electron chi connectivity index (χ4n) is 3.26. The van der Waals surface area contributed by atoms with Crippen LogP contribution < -0.4 is 0 Å². The summed E-state index contributed by atoms with van der Waals surface area (Å²) < 4.78 is 6.77. The Hall–Kier alpha value is -3.48. The molecule has 4 aromatic rings. The Kier molecular flexibility index (Phi) is 6.58. The maximum atomic E-state index is 12.7. The van der Waals surface area contributed by atoms with Crippen molar-refractivity contribution in [3.63, 3.8) is 0 Å². The number of ketones is 1. The van der Waals surface area contributed by atoms with Crippen LogP contribution in [0.2, 0.25) is 10.0 Å². The summed E-state index contributed by atoms with van der Waals surface area (Å²) in [6.07, 6.45) is 0. The number of esters is 1. The normalized spacial score (nSPS) is 10.8. The van der Waals surface area contributed by atoms with E-state index in [1.165, 1.54) is 0 Å². The SMILES string of the molecule is Cc1cccc(-c2nc(C(=O)OCC(=O)c3ccc(Cl)cc3)nn2-c2cc(Cl)ccc2C)c1. The molecule has 0 amide bonds. The third kappa shape index (κ3) is 5.13. The molecule has 0 N–H and O–H groups in total. The molecule has 6 nitrogen and oxygen atoms in total. The first-order chi connectivity index (χ1) is 15.8. The van der Waals surface area contributed by atoms with Crippen LogP contribution in [-0.4, -0.2) is 33.1 Å². The Balaban J connectivity index is 1.66. The second-order valence-electron chi connectivity index (χ2n) is 7.48. The fraction of sp³-hybridized carbons (Fsp3) is 0.120. The van der Waals surface area contributed by atoms with Gasteiger partial charge >= 0.3 is 5.97 Å². The second-order valence-corrected chi connectivity index (χ2v) is 8.35. The van der Waals surface area contributed by atoms with Gasteiger partial charge in [-0.05, 0) is 61.9 Å². The first-order valence-corrected chi connectivity index (χ1v) is 10.8. The number of rotatable bonds is 6. The number of carbonyl (C=O) groups is 2. The summed E-state index contributed by atoms with van der Waals surface area (Å²) in [6, 6.07) is 19.4. The molecule has 0 saturated carbocycles. The summed E-state index contributed by atoms with van der Waals surface area (Å²) >= 11 is 12.1. The standard InChI is InChI=1S/C25H19Cl2N3O3/c1-15-4-3-5-18(12-15)24-28-23(29-30(24)21-13-20(27)9-6-16(21)2)25(32)33-14-22(31)17-7-10-19(26)11-8-17/h3-13H,14H2,1-2H3. The zero-order valence-electron chi connectivity index (χ0n) is 17.9. The topological polar surface area (TPSA) is 74.1 Å². The molecule has 0 saturated heterocycles. The third-order valence-corrected chi connectivity index (χ3v) is 5.45. The smallest absolute Gasteiger partial charge is 0.378 e. The van der Waals surface area contributed by atoms with Crippen molar-refractivity contribution in [3.8, 4) is 17.1 Å². The van der Waals surface area contributed by atoms with Crippen molar-refractivity contribution in [1.82, 2.24) is 14.8 Å². The lowest BCUT2D eigenvalue weighted by molar-refractivity contribution is 0.0462. The van der Waals surface area contributed by atoms with Crippen LogP contribution in [0.5, 0.6) is 0 Å². The predicted molar refractivity (Wildman–Crippen MR) is 127 cm³/mol. The summed E-state index contributed by atoms with van der Waals surface area (Å²) in [7, 11) is 0. The van der Waals surface area contributed by atoms with Gasteiger partial charge in [-0.2, -0.15) is 0 Å². The van der Waals surface area contributed by atoms with E-state index in [1.807, 2.05) is 44.2 Å². The Bertz CT molecular complexity index is 1350. The van der Waals surface area contributed by atoms with Crippen molar-refractivity contribution in [1.29, 1.82) is 0 Å². The average Bonchev–Trinajstić information content (AvgIpc) is 3.25. The number of aryl methyl sites for hydroxylation is 2. The van der Waals surface area contributed by atoms with Gasteiger partial charge in [-0.25, -0.2) is 14.5 Å². The van der Waals surface area contributed by atoms with E-state index in [2.05, 4.69) is 10.1 Å². The lowest BCUT2D eigenvalue weighted by Crippen LogP contribution is -2.15. The van der Waals surface area contributed by atoms with Crippen molar-refractivity contribution < 1.29 is 14.3 Å². The summed E-state index contributed by atoms with van der Waals surface area (Å²) in [5, 5.41) is 5.43. The molecule has 4 rings (SSSR count). The van der Waals surface area contributed by atoms with E-state index in [1.54, 1.807) is 41.1 Å². The van der Waals surface area contributed by atoms with Crippen molar-refractivity contribution in [3.05, 3.63) is 99.3 Å². The number of benzene rings is 3. The Labute approximate surface area is 200 Å². The van der Waals surface area contributed by atoms with E-state index in [0.717, 1.165) is 16.7 Å². The van der Waals surface area contributed by atoms with Crippen LogP contribution in [0.3, 0.4) is 0 Å². The summed E-state index contributed by atoms with van der Waals surface area (Å²) in [4.78, 5) is 29.5. The second kappa shape index (κ2) is 9.57. The van der Waals surface area contributed by atoms with E-state index < -0.39 is 12.6 Å². The third-order valence-electron chi connectivity index (χ3n) is 4.97. The molecule has 166 valence electrons. The molecule has 1 aromatic heterocycles. The Morgan fingerprint density at radius 1 is 0.939 bits per heavy atom. The van der Waals surface area contributed by atoms with Gasteiger partial charge in [-0.15, -0.1) is 5.10 Å². The molecule has 0 aliphatic rings. The van der Waals surface area contributed by atoms with E-state index in [9.17, 15) is 9.59 Å². The van der Waals surface area contributed by atoms with Crippen molar-refractivity contribution in [2.45, 2.75) is 13.8 Å². The van der Waals surface area contributed by atoms with Crippen LogP contribution in [0.25, 0.3) is 17.1 Å². The number of hydrogen-bond acceptors (Lipinski definition) is 5. The largest absolute Gasteiger partial charge is 0.451 e. The Morgan fingerprint density at radius 2 is 1.67 bits per heavy atom. The molecule has 0 atom stereocenters. The van der Waals surface area contributed by atoms with Crippen LogP contribution in [-0.2, 0) is 4.74 Å². The molecular formula is C25H19Cl2N3O3. The van der Waals surface area contributed by atoms with Gasteiger partial charge in [0, 0.05) is 21.2 Å². The molecule has 0 aliphatic carbocycles. The highest BCUT2D eigenvalue weighted by Gasteiger charge is 2.22. The number of Topliss-reactive ketones (excluding diaryl/α,β-unsaturated/α-hetero) is 1. The minimum absolute atomic E-state index is 0.158. The van der Waals surface area contributed by atoms with Gasteiger partial charge < -0.3 is 4.74 Å². The minimum Gasteiger partial charge on any atom is -0.451 e.